The summed E-state index contributed by atoms with van der Waals surface area (Å²) in [7, 11) is 0. The van der Waals surface area contributed by atoms with Crippen LogP contribution in [0.15, 0.2) is 35.4 Å². The fourth-order valence-electron chi connectivity index (χ4n) is 1.38. The van der Waals surface area contributed by atoms with Crippen LogP contribution in [0.1, 0.15) is 5.56 Å². The number of nitrogens with zero attached hydrogens (tertiary/aromatic N) is 1. The number of H-pyrrole nitrogens is 1. The second-order valence-electron chi connectivity index (χ2n) is 3.45. The molecule has 0 aliphatic heterocycles. The first-order valence-corrected chi connectivity index (χ1v) is 5.36. The predicted molar refractivity (Wildman–Crippen MR) is 68.0 cm³/mol. The highest BCUT2D eigenvalue weighted by Gasteiger charge is 2.05. The number of nitrogen functional groups attached to an aromatic ring is 1. The highest BCUT2D eigenvalue weighted by molar-refractivity contribution is 6.32. The number of anilines is 2. The van der Waals surface area contributed by atoms with E-state index in [2.05, 4.69) is 15.3 Å². The normalized spacial score (nSPS) is 10.2. The molecule has 1 aromatic carbocycles. The molecule has 4 N–H and O–H groups in total. The van der Waals surface area contributed by atoms with Gasteiger partial charge in [-0.3, -0.25) is 4.79 Å². The van der Waals surface area contributed by atoms with Gasteiger partial charge in [-0.1, -0.05) is 29.8 Å². The fourth-order valence-corrected chi connectivity index (χ4v) is 1.55. The Kier molecular flexibility index (Phi) is 3.30. The van der Waals surface area contributed by atoms with Gasteiger partial charge in [0.15, 0.2) is 5.82 Å². The molecule has 0 atom stereocenters. The molecule has 6 heteroatoms. The number of rotatable bonds is 3. The van der Waals surface area contributed by atoms with Crippen LogP contribution in [0.2, 0.25) is 5.02 Å². The van der Waals surface area contributed by atoms with E-state index in [1.807, 2.05) is 24.3 Å². The summed E-state index contributed by atoms with van der Waals surface area (Å²) in [6.07, 6.45) is 1.30. The molecule has 0 unspecified atom stereocenters. The lowest BCUT2D eigenvalue weighted by Gasteiger charge is -2.08. The van der Waals surface area contributed by atoms with Gasteiger partial charge in [-0.05, 0) is 11.6 Å². The maximum Gasteiger partial charge on any atom is 0.271 e. The molecule has 0 fully saturated rings. The number of nitrogens with one attached hydrogen (secondary N) is 2. The minimum atomic E-state index is -0.370. The van der Waals surface area contributed by atoms with Crippen molar-refractivity contribution in [2.45, 2.75) is 6.54 Å². The second-order valence-corrected chi connectivity index (χ2v) is 3.82. The molecular formula is C11H11ClN4O. The lowest BCUT2D eigenvalue weighted by molar-refractivity contribution is 1.06. The highest BCUT2D eigenvalue weighted by Crippen LogP contribution is 2.16. The van der Waals surface area contributed by atoms with E-state index in [1.165, 1.54) is 6.33 Å². The standard InChI is InChI=1S/C11H11ClN4O/c12-9-10(15-6-16-11(9)17)14-5-7-3-1-2-4-8(7)13/h1-4,6H,5,13H2,(H2,14,15,16,17). The third kappa shape index (κ3) is 2.57. The summed E-state index contributed by atoms with van der Waals surface area (Å²) in [6, 6.07) is 7.45. The Balaban J connectivity index is 2.16. The van der Waals surface area contributed by atoms with Crippen LogP contribution >= 0.6 is 11.6 Å². The minimum Gasteiger partial charge on any atom is -0.398 e. The van der Waals surface area contributed by atoms with E-state index >= 15 is 0 Å². The first-order chi connectivity index (χ1) is 8.18. The number of aromatic nitrogens is 2. The molecule has 1 aromatic heterocycles. The lowest BCUT2D eigenvalue weighted by Crippen LogP contribution is -2.12. The summed E-state index contributed by atoms with van der Waals surface area (Å²) in [4.78, 5) is 17.6. The largest absolute Gasteiger partial charge is 0.398 e. The van der Waals surface area contributed by atoms with Crippen LogP contribution < -0.4 is 16.6 Å². The first kappa shape index (κ1) is 11.5. The van der Waals surface area contributed by atoms with Crippen LogP contribution in [-0.4, -0.2) is 9.97 Å². The smallest absolute Gasteiger partial charge is 0.271 e. The quantitative estimate of drug-likeness (QED) is 0.723. The molecule has 0 aliphatic carbocycles. The summed E-state index contributed by atoms with van der Waals surface area (Å²) < 4.78 is 0. The average molecular weight is 251 g/mol. The van der Waals surface area contributed by atoms with Crippen LogP contribution in [0.4, 0.5) is 11.5 Å². The van der Waals surface area contributed by atoms with Crippen LogP contribution in [0.5, 0.6) is 0 Å². The van der Waals surface area contributed by atoms with Crippen molar-refractivity contribution in [3.8, 4) is 0 Å². The van der Waals surface area contributed by atoms with Crippen LogP contribution in [0.3, 0.4) is 0 Å². The minimum absolute atomic E-state index is 0.0435. The average Bonchev–Trinajstić information content (AvgIpc) is 2.33. The number of nitrogens with two attached hydrogens (primary N) is 1. The molecule has 0 amide bonds. The summed E-state index contributed by atoms with van der Waals surface area (Å²) in [6.45, 7) is 0.461. The number of hydrogen-bond donors (Lipinski definition) is 3. The van der Waals surface area contributed by atoms with E-state index in [1.54, 1.807) is 0 Å². The summed E-state index contributed by atoms with van der Waals surface area (Å²) in [5.41, 5.74) is 7.02. The second kappa shape index (κ2) is 4.88. The van der Waals surface area contributed by atoms with E-state index in [9.17, 15) is 4.79 Å². The van der Waals surface area contributed by atoms with Crippen molar-refractivity contribution in [2.75, 3.05) is 11.1 Å². The summed E-state index contributed by atoms with van der Waals surface area (Å²) in [5, 5.41) is 3.01. The van der Waals surface area contributed by atoms with Crippen LogP contribution in [-0.2, 0) is 6.54 Å². The van der Waals surface area contributed by atoms with E-state index < -0.39 is 0 Å². The van der Waals surface area contributed by atoms with Crippen molar-refractivity contribution in [3.63, 3.8) is 0 Å². The zero-order chi connectivity index (χ0) is 12.3. The molecule has 17 heavy (non-hydrogen) atoms. The van der Waals surface area contributed by atoms with E-state index in [-0.39, 0.29) is 10.6 Å². The van der Waals surface area contributed by atoms with Gasteiger partial charge in [0.05, 0.1) is 6.33 Å². The highest BCUT2D eigenvalue weighted by atomic mass is 35.5. The topological polar surface area (TPSA) is 83.8 Å². The number of hydrogen-bond acceptors (Lipinski definition) is 4. The Morgan fingerprint density at radius 3 is 2.94 bits per heavy atom. The van der Waals surface area contributed by atoms with Gasteiger partial charge in [0.25, 0.3) is 5.56 Å². The molecule has 0 saturated carbocycles. The van der Waals surface area contributed by atoms with E-state index in [4.69, 9.17) is 17.3 Å². The third-order valence-electron chi connectivity index (χ3n) is 2.30. The van der Waals surface area contributed by atoms with Gasteiger partial charge >= 0.3 is 0 Å². The molecule has 88 valence electrons. The van der Waals surface area contributed by atoms with Gasteiger partial charge in [0.2, 0.25) is 0 Å². The monoisotopic (exact) mass is 250 g/mol. The van der Waals surface area contributed by atoms with Crippen LogP contribution in [0.25, 0.3) is 0 Å². The lowest BCUT2D eigenvalue weighted by atomic mass is 10.2. The maximum atomic E-state index is 11.2. The molecule has 5 nitrogen and oxygen atoms in total. The van der Waals surface area contributed by atoms with E-state index in [0.717, 1.165) is 5.56 Å². The molecular weight excluding hydrogens is 240 g/mol. The Morgan fingerprint density at radius 1 is 1.41 bits per heavy atom. The van der Waals surface area contributed by atoms with Gasteiger partial charge in [-0.15, -0.1) is 0 Å². The SMILES string of the molecule is Nc1ccccc1CNc1nc[nH]c(=O)c1Cl. The molecule has 0 aliphatic rings. The Morgan fingerprint density at radius 2 is 2.18 bits per heavy atom. The predicted octanol–water partition coefficient (Wildman–Crippen LogP) is 1.62. The molecule has 0 bridgehead atoms. The zero-order valence-corrected chi connectivity index (χ0v) is 9.66. The van der Waals surface area contributed by atoms with Gasteiger partial charge in [0, 0.05) is 12.2 Å². The van der Waals surface area contributed by atoms with Crippen molar-refractivity contribution in [1.29, 1.82) is 0 Å². The molecule has 2 rings (SSSR count). The first-order valence-electron chi connectivity index (χ1n) is 4.99. The number of aromatic amines is 1. The maximum absolute atomic E-state index is 11.2. The Bertz CT molecular complexity index is 582. The molecule has 0 saturated heterocycles. The molecule has 0 radical (unpaired) electrons. The van der Waals surface area contributed by atoms with Crippen molar-refractivity contribution in [2.24, 2.45) is 0 Å². The van der Waals surface area contributed by atoms with Gasteiger partial charge in [-0.2, -0.15) is 0 Å². The number of para-hydroxylation sites is 1. The Hall–Kier alpha value is -2.01. The summed E-state index contributed by atoms with van der Waals surface area (Å²) in [5.74, 6) is 0.346. The van der Waals surface area contributed by atoms with Crippen molar-refractivity contribution in [1.82, 2.24) is 9.97 Å². The molecule has 2 aromatic rings. The molecule has 1 heterocycles. The zero-order valence-electron chi connectivity index (χ0n) is 8.90. The van der Waals surface area contributed by atoms with Crippen molar-refractivity contribution >= 4 is 23.1 Å². The number of halogens is 1. The van der Waals surface area contributed by atoms with Crippen molar-refractivity contribution in [3.05, 3.63) is 51.5 Å². The third-order valence-corrected chi connectivity index (χ3v) is 2.65. The summed E-state index contributed by atoms with van der Waals surface area (Å²) >= 11 is 5.80. The molecule has 0 spiro atoms. The Labute approximate surface area is 103 Å². The van der Waals surface area contributed by atoms with Gasteiger partial charge in [0.1, 0.15) is 5.02 Å². The van der Waals surface area contributed by atoms with Gasteiger partial charge in [-0.25, -0.2) is 4.98 Å². The van der Waals surface area contributed by atoms with E-state index in [0.29, 0.717) is 18.1 Å². The number of benzene rings is 1. The van der Waals surface area contributed by atoms with Gasteiger partial charge < -0.3 is 16.0 Å². The fraction of sp³-hybridized carbons (Fsp3) is 0.0909. The van der Waals surface area contributed by atoms with Crippen molar-refractivity contribution < 1.29 is 0 Å². The van der Waals surface area contributed by atoms with Crippen LogP contribution in [0, 0.1) is 0 Å².